The summed E-state index contributed by atoms with van der Waals surface area (Å²) in [6, 6.07) is 3.65. The Bertz CT molecular complexity index is 372. The van der Waals surface area contributed by atoms with Crippen molar-refractivity contribution in [3.63, 3.8) is 0 Å². The van der Waals surface area contributed by atoms with Crippen LogP contribution in [0.2, 0.25) is 0 Å². The summed E-state index contributed by atoms with van der Waals surface area (Å²) in [4.78, 5) is 0. The van der Waals surface area contributed by atoms with Gasteiger partial charge in [0.2, 0.25) is 0 Å². The summed E-state index contributed by atoms with van der Waals surface area (Å²) < 4.78 is 33.9. The van der Waals surface area contributed by atoms with E-state index in [0.717, 1.165) is 20.3 Å². The quantitative estimate of drug-likeness (QED) is 0.786. The highest BCUT2D eigenvalue weighted by Gasteiger charge is 2.29. The maximum Gasteiger partial charge on any atom is 0.364 e. The summed E-state index contributed by atoms with van der Waals surface area (Å²) in [5.74, 6) is -1.57. The first-order valence-corrected chi connectivity index (χ1v) is 5.29. The predicted molar refractivity (Wildman–Crippen MR) is 49.3 cm³/mol. The van der Waals surface area contributed by atoms with Crippen molar-refractivity contribution < 1.29 is 23.1 Å². The molecule has 0 heterocycles. The van der Waals surface area contributed by atoms with Gasteiger partial charge in [-0.3, -0.25) is 4.57 Å². The number of aromatic hydroxyl groups is 1. The first-order chi connectivity index (χ1) is 6.55. The molecule has 0 atom stereocenters. The van der Waals surface area contributed by atoms with Gasteiger partial charge in [-0.2, -0.15) is 0 Å². The highest BCUT2D eigenvalue weighted by Crippen LogP contribution is 2.47. The van der Waals surface area contributed by atoms with E-state index in [1.165, 1.54) is 12.1 Å². The van der Waals surface area contributed by atoms with Crippen LogP contribution in [0.5, 0.6) is 5.75 Å². The average molecular weight is 220 g/mol. The first-order valence-electron chi connectivity index (χ1n) is 3.74. The Labute approximate surface area is 80.8 Å². The summed E-state index contributed by atoms with van der Waals surface area (Å²) in [6.07, 6.45) is 0. The van der Waals surface area contributed by atoms with Crippen molar-refractivity contribution >= 4 is 12.9 Å². The molecule has 0 aliphatic rings. The van der Waals surface area contributed by atoms with Crippen LogP contribution in [0, 0.1) is 5.82 Å². The van der Waals surface area contributed by atoms with Gasteiger partial charge in [0.05, 0.1) is 0 Å². The Balaban J connectivity index is 3.32. The molecule has 78 valence electrons. The van der Waals surface area contributed by atoms with E-state index in [4.69, 9.17) is 0 Å². The molecular weight excluding hydrogens is 210 g/mol. The molecule has 0 unspecified atom stereocenters. The molecule has 0 aliphatic heterocycles. The second-order valence-electron chi connectivity index (χ2n) is 2.47. The Morgan fingerprint density at radius 1 is 1.36 bits per heavy atom. The fourth-order valence-electron chi connectivity index (χ4n) is 0.996. The normalized spacial score (nSPS) is 11.6. The minimum Gasteiger partial charge on any atom is -0.504 e. The van der Waals surface area contributed by atoms with Crippen LogP contribution in [0.1, 0.15) is 0 Å². The monoisotopic (exact) mass is 220 g/mol. The van der Waals surface area contributed by atoms with E-state index in [1.807, 2.05) is 0 Å². The number of rotatable bonds is 3. The van der Waals surface area contributed by atoms with Gasteiger partial charge >= 0.3 is 7.60 Å². The molecule has 0 bridgehead atoms. The average Bonchev–Trinajstić information content (AvgIpc) is 2.21. The molecule has 0 aromatic heterocycles. The summed E-state index contributed by atoms with van der Waals surface area (Å²) in [6.45, 7) is 0. The lowest BCUT2D eigenvalue weighted by Crippen LogP contribution is -2.09. The third-order valence-electron chi connectivity index (χ3n) is 1.74. The van der Waals surface area contributed by atoms with Crippen molar-refractivity contribution in [3.8, 4) is 5.75 Å². The molecule has 0 amide bonds. The first kappa shape index (κ1) is 11.2. The largest absolute Gasteiger partial charge is 0.504 e. The Kier molecular flexibility index (Phi) is 3.26. The smallest absolute Gasteiger partial charge is 0.364 e. The number of halogens is 1. The zero-order chi connectivity index (χ0) is 10.8. The van der Waals surface area contributed by atoms with Gasteiger partial charge in [-0.15, -0.1) is 0 Å². The van der Waals surface area contributed by atoms with Crippen LogP contribution in [0.25, 0.3) is 0 Å². The van der Waals surface area contributed by atoms with Crippen LogP contribution >= 0.6 is 7.60 Å². The van der Waals surface area contributed by atoms with E-state index in [0.29, 0.717) is 0 Å². The maximum atomic E-state index is 12.9. The Morgan fingerprint density at radius 3 is 2.43 bits per heavy atom. The van der Waals surface area contributed by atoms with Crippen molar-refractivity contribution in [2.24, 2.45) is 0 Å². The number of phenols is 1. The standard InChI is InChI=1S/C8H10FO4P/c1-12-14(11,13-2)7-5-3-4-6(9)8(7)10/h3-5,10H,1-2H3. The molecule has 1 rings (SSSR count). The van der Waals surface area contributed by atoms with Gasteiger partial charge in [-0.05, 0) is 12.1 Å². The Hall–Kier alpha value is -0.900. The zero-order valence-corrected chi connectivity index (χ0v) is 8.62. The van der Waals surface area contributed by atoms with E-state index in [1.54, 1.807) is 0 Å². The van der Waals surface area contributed by atoms with Gasteiger partial charge in [-0.1, -0.05) is 6.07 Å². The molecule has 0 radical (unpaired) electrons. The number of hydrogen-bond acceptors (Lipinski definition) is 4. The molecule has 1 aromatic carbocycles. The number of para-hydroxylation sites is 1. The Morgan fingerprint density at radius 2 is 1.93 bits per heavy atom. The highest BCUT2D eigenvalue weighted by molar-refractivity contribution is 7.62. The third kappa shape index (κ3) is 1.80. The topological polar surface area (TPSA) is 55.8 Å². The second-order valence-corrected chi connectivity index (χ2v) is 4.68. The maximum absolute atomic E-state index is 12.9. The van der Waals surface area contributed by atoms with Gasteiger partial charge in [0.15, 0.2) is 11.6 Å². The highest BCUT2D eigenvalue weighted by atomic mass is 31.2. The predicted octanol–water partition coefficient (Wildman–Crippen LogP) is 1.64. The molecule has 0 saturated carbocycles. The molecule has 0 fully saturated rings. The molecule has 1 aromatic rings. The SMILES string of the molecule is COP(=O)(OC)c1cccc(F)c1O. The summed E-state index contributed by atoms with van der Waals surface area (Å²) in [5, 5.41) is 9.11. The summed E-state index contributed by atoms with van der Waals surface area (Å²) in [5.41, 5.74) is 0. The molecule has 0 aliphatic carbocycles. The molecule has 1 N–H and O–H groups in total. The minimum atomic E-state index is -3.59. The van der Waals surface area contributed by atoms with Crippen molar-refractivity contribution in [1.82, 2.24) is 0 Å². The number of benzene rings is 1. The van der Waals surface area contributed by atoms with Gasteiger partial charge < -0.3 is 14.2 Å². The van der Waals surface area contributed by atoms with Crippen LogP contribution in [0.15, 0.2) is 18.2 Å². The van der Waals surface area contributed by atoms with E-state index >= 15 is 0 Å². The minimum absolute atomic E-state index is 0.178. The molecular formula is C8H10FO4P. The molecule has 6 heteroatoms. The fraction of sp³-hybridized carbons (Fsp3) is 0.250. The van der Waals surface area contributed by atoms with E-state index in [-0.39, 0.29) is 5.30 Å². The molecule has 4 nitrogen and oxygen atoms in total. The van der Waals surface area contributed by atoms with Gasteiger partial charge in [0.1, 0.15) is 5.30 Å². The van der Waals surface area contributed by atoms with Crippen LogP contribution in [0.3, 0.4) is 0 Å². The van der Waals surface area contributed by atoms with Gasteiger partial charge in [-0.25, -0.2) is 4.39 Å². The summed E-state index contributed by atoms with van der Waals surface area (Å²) >= 11 is 0. The fourth-order valence-corrected chi connectivity index (χ4v) is 2.17. The van der Waals surface area contributed by atoms with E-state index in [2.05, 4.69) is 9.05 Å². The van der Waals surface area contributed by atoms with Crippen LogP contribution in [0.4, 0.5) is 4.39 Å². The van der Waals surface area contributed by atoms with Crippen molar-refractivity contribution in [3.05, 3.63) is 24.0 Å². The van der Waals surface area contributed by atoms with Gasteiger partial charge in [0, 0.05) is 14.2 Å². The lowest BCUT2D eigenvalue weighted by Gasteiger charge is -2.14. The van der Waals surface area contributed by atoms with Gasteiger partial charge in [0.25, 0.3) is 0 Å². The van der Waals surface area contributed by atoms with Crippen molar-refractivity contribution in [2.45, 2.75) is 0 Å². The van der Waals surface area contributed by atoms with E-state index < -0.39 is 19.2 Å². The van der Waals surface area contributed by atoms with E-state index in [9.17, 15) is 14.1 Å². The van der Waals surface area contributed by atoms with Crippen molar-refractivity contribution in [2.75, 3.05) is 14.2 Å². The van der Waals surface area contributed by atoms with Crippen LogP contribution < -0.4 is 5.30 Å². The van der Waals surface area contributed by atoms with Crippen LogP contribution in [-0.4, -0.2) is 19.3 Å². The summed E-state index contributed by atoms with van der Waals surface area (Å²) in [7, 11) is -1.27. The lowest BCUT2D eigenvalue weighted by molar-refractivity contribution is 0.286. The molecule has 14 heavy (non-hydrogen) atoms. The lowest BCUT2D eigenvalue weighted by atomic mass is 10.3. The second kappa shape index (κ2) is 4.09. The van der Waals surface area contributed by atoms with Crippen LogP contribution in [-0.2, 0) is 13.6 Å². The van der Waals surface area contributed by atoms with Crippen molar-refractivity contribution in [1.29, 1.82) is 0 Å². The zero-order valence-electron chi connectivity index (χ0n) is 7.73. The number of phenolic OH excluding ortho intramolecular Hbond substituents is 1. The molecule has 0 saturated heterocycles. The molecule has 0 spiro atoms. The third-order valence-corrected chi connectivity index (χ3v) is 3.65. The number of hydrogen-bond donors (Lipinski definition) is 1.